The predicted molar refractivity (Wildman–Crippen MR) is 95.1 cm³/mol. The normalized spacial score (nSPS) is 14.8. The van der Waals surface area contributed by atoms with E-state index in [1.165, 1.54) is 14.6 Å². The van der Waals surface area contributed by atoms with Crippen LogP contribution in [0.4, 0.5) is 0 Å². The monoisotopic (exact) mass is 322 g/mol. The van der Waals surface area contributed by atoms with Gasteiger partial charge in [-0.05, 0) is 50.8 Å². The van der Waals surface area contributed by atoms with Crippen molar-refractivity contribution in [2.24, 2.45) is 5.73 Å². The predicted octanol–water partition coefficient (Wildman–Crippen LogP) is 4.81. The fraction of sp³-hybridized carbons (Fsp3) is 0.529. The molecule has 0 fully saturated rings. The van der Waals surface area contributed by atoms with Gasteiger partial charge in [0.05, 0.1) is 6.04 Å². The summed E-state index contributed by atoms with van der Waals surface area (Å²) in [5.74, 6) is 0. The molecule has 2 aromatic rings. The van der Waals surface area contributed by atoms with Crippen LogP contribution in [0.25, 0.3) is 0 Å². The van der Waals surface area contributed by atoms with Crippen LogP contribution in [0.5, 0.6) is 0 Å². The molecule has 0 spiro atoms. The molecule has 2 atom stereocenters. The minimum absolute atomic E-state index is 0.172. The molecule has 0 radical (unpaired) electrons. The van der Waals surface area contributed by atoms with E-state index in [1.807, 2.05) is 22.7 Å². The van der Waals surface area contributed by atoms with E-state index in [0.29, 0.717) is 12.1 Å². The van der Waals surface area contributed by atoms with Crippen LogP contribution >= 0.6 is 22.7 Å². The molecule has 2 heterocycles. The first-order valence-electron chi connectivity index (χ1n) is 7.63. The number of aryl methyl sites for hydroxylation is 1. The van der Waals surface area contributed by atoms with Crippen molar-refractivity contribution in [3.05, 3.63) is 44.3 Å². The van der Waals surface area contributed by atoms with Crippen LogP contribution in [0, 0.1) is 6.92 Å². The maximum Gasteiger partial charge on any atom is 0.0599 e. The van der Waals surface area contributed by atoms with Gasteiger partial charge in [0, 0.05) is 33.3 Å². The maximum atomic E-state index is 6.49. The van der Waals surface area contributed by atoms with Gasteiger partial charge in [0.25, 0.3) is 0 Å². The summed E-state index contributed by atoms with van der Waals surface area (Å²) in [6, 6.07) is 9.75. The number of rotatable bonds is 7. The van der Waals surface area contributed by atoms with Gasteiger partial charge in [0.1, 0.15) is 0 Å². The van der Waals surface area contributed by atoms with Crippen molar-refractivity contribution in [2.75, 3.05) is 0 Å². The number of hydrogen-bond acceptors (Lipinski definition) is 4. The smallest absolute Gasteiger partial charge is 0.0599 e. The summed E-state index contributed by atoms with van der Waals surface area (Å²) < 4.78 is 0. The lowest BCUT2D eigenvalue weighted by Gasteiger charge is -2.37. The Morgan fingerprint density at radius 2 is 2.00 bits per heavy atom. The largest absolute Gasteiger partial charge is 0.326 e. The Morgan fingerprint density at radius 1 is 1.24 bits per heavy atom. The van der Waals surface area contributed by atoms with Gasteiger partial charge in [0.2, 0.25) is 0 Å². The molecule has 116 valence electrons. The first-order chi connectivity index (χ1) is 10.0. The van der Waals surface area contributed by atoms with Gasteiger partial charge >= 0.3 is 0 Å². The van der Waals surface area contributed by atoms with E-state index >= 15 is 0 Å². The van der Waals surface area contributed by atoms with Crippen LogP contribution in [0.15, 0.2) is 29.6 Å². The molecule has 0 bridgehead atoms. The lowest BCUT2D eigenvalue weighted by atomic mass is 10.0. The Kier molecular flexibility index (Phi) is 5.99. The van der Waals surface area contributed by atoms with Crippen LogP contribution in [-0.2, 0) is 6.54 Å². The Bertz CT molecular complexity index is 531. The summed E-state index contributed by atoms with van der Waals surface area (Å²) in [6.07, 6.45) is 0.995. The molecule has 21 heavy (non-hydrogen) atoms. The highest BCUT2D eigenvalue weighted by Crippen LogP contribution is 2.33. The van der Waals surface area contributed by atoms with Gasteiger partial charge in [-0.1, -0.05) is 13.0 Å². The van der Waals surface area contributed by atoms with E-state index in [1.54, 1.807) is 0 Å². The molecule has 0 aliphatic heterocycles. The second kappa shape index (κ2) is 7.54. The zero-order valence-corrected chi connectivity index (χ0v) is 15.0. The summed E-state index contributed by atoms with van der Waals surface area (Å²) in [7, 11) is 0. The van der Waals surface area contributed by atoms with Gasteiger partial charge in [-0.15, -0.1) is 22.7 Å². The second-order valence-corrected chi connectivity index (χ2v) is 8.16. The molecule has 2 unspecified atom stereocenters. The number of hydrogen-bond donors (Lipinski definition) is 1. The first-order valence-corrected chi connectivity index (χ1v) is 9.32. The van der Waals surface area contributed by atoms with Crippen molar-refractivity contribution in [1.82, 2.24) is 4.90 Å². The molecule has 0 saturated carbocycles. The van der Waals surface area contributed by atoms with Gasteiger partial charge in [-0.25, -0.2) is 0 Å². The number of thiophene rings is 2. The lowest BCUT2D eigenvalue weighted by Crippen LogP contribution is -2.43. The summed E-state index contributed by atoms with van der Waals surface area (Å²) in [5, 5.41) is 2.15. The van der Waals surface area contributed by atoms with Gasteiger partial charge < -0.3 is 5.73 Å². The van der Waals surface area contributed by atoms with E-state index in [9.17, 15) is 0 Å². The highest BCUT2D eigenvalue weighted by Gasteiger charge is 2.29. The van der Waals surface area contributed by atoms with E-state index in [2.05, 4.69) is 62.2 Å². The van der Waals surface area contributed by atoms with Crippen molar-refractivity contribution >= 4 is 22.7 Å². The van der Waals surface area contributed by atoms with Crippen molar-refractivity contribution in [3.8, 4) is 0 Å². The van der Waals surface area contributed by atoms with Crippen molar-refractivity contribution in [2.45, 2.75) is 58.8 Å². The Labute approximate surface area is 136 Å². The molecule has 4 heteroatoms. The van der Waals surface area contributed by atoms with E-state index in [-0.39, 0.29) is 6.04 Å². The Morgan fingerprint density at radius 3 is 2.48 bits per heavy atom. The third kappa shape index (κ3) is 4.16. The Hall–Kier alpha value is -0.680. The third-order valence-electron chi connectivity index (χ3n) is 3.87. The second-order valence-electron chi connectivity index (χ2n) is 5.81. The average molecular weight is 323 g/mol. The molecular formula is C17H26N2S2. The first kappa shape index (κ1) is 16.7. The van der Waals surface area contributed by atoms with Crippen LogP contribution in [0.3, 0.4) is 0 Å². The van der Waals surface area contributed by atoms with Crippen LogP contribution < -0.4 is 5.73 Å². The zero-order chi connectivity index (χ0) is 15.4. The quantitative estimate of drug-likeness (QED) is 0.793. The fourth-order valence-electron chi connectivity index (χ4n) is 2.64. The zero-order valence-electron chi connectivity index (χ0n) is 13.4. The molecule has 0 aromatic carbocycles. The molecule has 2 N–H and O–H groups in total. The van der Waals surface area contributed by atoms with Gasteiger partial charge in [0.15, 0.2) is 0 Å². The lowest BCUT2D eigenvalue weighted by molar-refractivity contribution is 0.125. The van der Waals surface area contributed by atoms with Gasteiger partial charge in [-0.2, -0.15) is 0 Å². The summed E-state index contributed by atoms with van der Waals surface area (Å²) in [4.78, 5) is 6.71. The third-order valence-corrected chi connectivity index (χ3v) is 5.80. The van der Waals surface area contributed by atoms with E-state index in [0.717, 1.165) is 13.0 Å². The summed E-state index contributed by atoms with van der Waals surface area (Å²) >= 11 is 3.71. The molecule has 0 aliphatic rings. The van der Waals surface area contributed by atoms with Crippen LogP contribution in [-0.4, -0.2) is 17.0 Å². The van der Waals surface area contributed by atoms with Crippen LogP contribution in [0.1, 0.15) is 47.9 Å². The summed E-state index contributed by atoms with van der Waals surface area (Å²) in [6.45, 7) is 9.86. The SMILES string of the molecule is CCC(N)C(c1ccc(C)s1)N(Cc1cccs1)C(C)C. The maximum absolute atomic E-state index is 6.49. The average Bonchev–Trinajstić information content (AvgIpc) is 3.09. The van der Waals surface area contributed by atoms with Crippen molar-refractivity contribution in [1.29, 1.82) is 0 Å². The number of nitrogens with two attached hydrogens (primary N) is 1. The minimum atomic E-state index is 0.172. The molecule has 0 saturated heterocycles. The molecule has 2 rings (SSSR count). The molecule has 0 aliphatic carbocycles. The Balaban J connectivity index is 2.30. The van der Waals surface area contributed by atoms with E-state index in [4.69, 9.17) is 5.73 Å². The van der Waals surface area contributed by atoms with E-state index < -0.39 is 0 Å². The highest BCUT2D eigenvalue weighted by atomic mass is 32.1. The topological polar surface area (TPSA) is 29.3 Å². The molecule has 2 nitrogen and oxygen atoms in total. The standard InChI is InChI=1S/C17H26N2S2/c1-5-15(18)17(16-9-8-13(4)21-16)19(12(2)3)11-14-7-6-10-20-14/h6-10,12,15,17H,5,11,18H2,1-4H3. The number of nitrogens with zero attached hydrogens (tertiary/aromatic N) is 1. The molecule has 2 aromatic heterocycles. The highest BCUT2D eigenvalue weighted by molar-refractivity contribution is 7.12. The van der Waals surface area contributed by atoms with Gasteiger partial charge in [-0.3, -0.25) is 4.90 Å². The molecule has 0 amide bonds. The fourth-order valence-corrected chi connectivity index (χ4v) is 4.43. The summed E-state index contributed by atoms with van der Waals surface area (Å²) in [5.41, 5.74) is 6.49. The van der Waals surface area contributed by atoms with Crippen molar-refractivity contribution in [3.63, 3.8) is 0 Å². The van der Waals surface area contributed by atoms with Crippen LogP contribution in [0.2, 0.25) is 0 Å². The van der Waals surface area contributed by atoms with Crippen molar-refractivity contribution < 1.29 is 0 Å². The molecular weight excluding hydrogens is 296 g/mol. The minimum Gasteiger partial charge on any atom is -0.326 e.